The average molecular weight is 372 g/mol. The van der Waals surface area contributed by atoms with E-state index >= 15 is 0 Å². The minimum Gasteiger partial charge on any atom is -0.353 e. The molecule has 2 amide bonds. The van der Waals surface area contributed by atoms with Gasteiger partial charge in [0, 0.05) is 32.4 Å². The van der Waals surface area contributed by atoms with Crippen molar-refractivity contribution in [2.45, 2.75) is 43.9 Å². The van der Waals surface area contributed by atoms with Crippen LogP contribution in [0.3, 0.4) is 0 Å². The third-order valence-corrected chi connectivity index (χ3v) is 6.00. The zero-order valence-corrected chi connectivity index (χ0v) is 14.9. The zero-order valence-electron chi connectivity index (χ0n) is 14.9. The molecule has 3 saturated heterocycles. The molecule has 0 aliphatic carbocycles. The third kappa shape index (κ3) is 2.54. The molecular formula is C19H21FN4O3. The Morgan fingerprint density at radius 2 is 2.30 bits per heavy atom. The molecular weight excluding hydrogens is 351 g/mol. The molecule has 0 unspecified atom stereocenters. The van der Waals surface area contributed by atoms with Crippen LogP contribution in [0.5, 0.6) is 0 Å². The summed E-state index contributed by atoms with van der Waals surface area (Å²) in [6.07, 6.45) is 2.61. The van der Waals surface area contributed by atoms with E-state index < -0.39 is 5.72 Å². The van der Waals surface area contributed by atoms with Gasteiger partial charge >= 0.3 is 0 Å². The fraction of sp³-hybridized carbons (Fsp3) is 0.526. The van der Waals surface area contributed by atoms with Gasteiger partial charge in [-0.05, 0) is 24.6 Å². The van der Waals surface area contributed by atoms with E-state index in [1.54, 1.807) is 6.07 Å². The van der Waals surface area contributed by atoms with Crippen LogP contribution in [0.4, 0.5) is 4.39 Å². The number of fused-ring (bicyclic) bond motifs is 1. The number of carbonyl (C=O) groups excluding carboxylic acids is 2. The number of carbonyl (C=O) groups is 2. The van der Waals surface area contributed by atoms with E-state index in [0.717, 1.165) is 6.42 Å². The van der Waals surface area contributed by atoms with Gasteiger partial charge in [0.25, 0.3) is 0 Å². The van der Waals surface area contributed by atoms with E-state index in [1.807, 2.05) is 9.80 Å². The molecule has 0 bridgehead atoms. The molecule has 142 valence electrons. The van der Waals surface area contributed by atoms with Gasteiger partial charge in [-0.3, -0.25) is 9.59 Å². The molecule has 0 radical (unpaired) electrons. The number of nitrogens with one attached hydrogen (secondary N) is 1. The molecule has 1 spiro atoms. The average Bonchev–Trinajstić information content (AvgIpc) is 3.29. The Morgan fingerprint density at radius 1 is 1.41 bits per heavy atom. The van der Waals surface area contributed by atoms with Gasteiger partial charge in [0.05, 0.1) is 30.1 Å². The van der Waals surface area contributed by atoms with Crippen LogP contribution in [0, 0.1) is 5.82 Å². The van der Waals surface area contributed by atoms with Crippen LogP contribution in [0.15, 0.2) is 18.2 Å². The summed E-state index contributed by atoms with van der Waals surface area (Å²) in [6, 6.07) is 4.20. The lowest BCUT2D eigenvalue weighted by Crippen LogP contribution is -2.56. The van der Waals surface area contributed by atoms with Gasteiger partial charge < -0.3 is 19.5 Å². The second-order valence-corrected chi connectivity index (χ2v) is 7.49. The van der Waals surface area contributed by atoms with Crippen LogP contribution in [-0.2, 0) is 20.7 Å². The van der Waals surface area contributed by atoms with Gasteiger partial charge in [-0.15, -0.1) is 0 Å². The Labute approximate surface area is 155 Å². The number of halogens is 1. The summed E-state index contributed by atoms with van der Waals surface area (Å²) in [7, 11) is 0. The lowest BCUT2D eigenvalue weighted by Gasteiger charge is -2.42. The molecule has 3 aliphatic rings. The van der Waals surface area contributed by atoms with Crippen molar-refractivity contribution in [1.29, 1.82) is 0 Å². The van der Waals surface area contributed by atoms with Crippen molar-refractivity contribution in [1.82, 2.24) is 19.8 Å². The van der Waals surface area contributed by atoms with Crippen molar-refractivity contribution in [2.75, 3.05) is 19.7 Å². The Kier molecular flexibility index (Phi) is 3.72. The summed E-state index contributed by atoms with van der Waals surface area (Å²) < 4.78 is 19.3. The topological polar surface area (TPSA) is 78.5 Å². The summed E-state index contributed by atoms with van der Waals surface area (Å²) in [5.41, 5.74) is 0.707. The van der Waals surface area contributed by atoms with Crippen LogP contribution < -0.4 is 0 Å². The summed E-state index contributed by atoms with van der Waals surface area (Å²) in [6.45, 7) is 1.96. The molecule has 27 heavy (non-hydrogen) atoms. The molecule has 1 N–H and O–H groups in total. The summed E-state index contributed by atoms with van der Waals surface area (Å²) >= 11 is 0. The standard InChI is InChI=1S/C19H21FN4O3/c20-12-2-3-13-14(10-12)22-16(21-13)4-5-17(25)23-8-6-19-15(23)11-18(26)24(19)7-1-9-27-19/h2-3,10,15H,1,4-9,11H2,(H,21,22)/t15-,19+/m1/s1. The lowest BCUT2D eigenvalue weighted by molar-refractivity contribution is -0.181. The number of hydrogen-bond donors (Lipinski definition) is 1. The largest absolute Gasteiger partial charge is 0.353 e. The first-order chi connectivity index (χ1) is 13.1. The first-order valence-electron chi connectivity index (χ1n) is 9.45. The number of aromatic nitrogens is 2. The number of rotatable bonds is 3. The van der Waals surface area contributed by atoms with Crippen LogP contribution in [0.1, 0.15) is 31.5 Å². The number of nitrogens with zero attached hydrogens (tertiary/aromatic N) is 3. The normalized spacial score (nSPS) is 27.3. The number of aryl methyl sites for hydroxylation is 1. The van der Waals surface area contributed by atoms with Gasteiger partial charge in [0.1, 0.15) is 11.6 Å². The van der Waals surface area contributed by atoms with Gasteiger partial charge in [0.2, 0.25) is 11.8 Å². The molecule has 4 heterocycles. The van der Waals surface area contributed by atoms with Crippen molar-refractivity contribution in [3.63, 3.8) is 0 Å². The van der Waals surface area contributed by atoms with Crippen molar-refractivity contribution >= 4 is 22.8 Å². The highest BCUT2D eigenvalue weighted by Crippen LogP contribution is 2.45. The van der Waals surface area contributed by atoms with Crippen molar-refractivity contribution in [2.24, 2.45) is 0 Å². The number of aromatic amines is 1. The Bertz CT molecular complexity index is 929. The Balaban J connectivity index is 1.29. The number of hydrogen-bond acceptors (Lipinski definition) is 4. The summed E-state index contributed by atoms with van der Waals surface area (Å²) in [5, 5.41) is 0. The summed E-state index contributed by atoms with van der Waals surface area (Å²) in [4.78, 5) is 36.3. The fourth-order valence-electron chi connectivity index (χ4n) is 4.77. The highest BCUT2D eigenvalue weighted by molar-refractivity contribution is 5.84. The third-order valence-electron chi connectivity index (χ3n) is 6.00. The van der Waals surface area contributed by atoms with E-state index in [2.05, 4.69) is 9.97 Å². The Hall–Kier alpha value is -2.48. The number of amides is 2. The Morgan fingerprint density at radius 3 is 3.19 bits per heavy atom. The minimum absolute atomic E-state index is 0.00679. The van der Waals surface area contributed by atoms with Gasteiger partial charge in [-0.2, -0.15) is 0 Å². The minimum atomic E-state index is -0.609. The second kappa shape index (κ2) is 6.02. The predicted octanol–water partition coefficient (Wildman–Crippen LogP) is 1.58. The van der Waals surface area contributed by atoms with E-state index in [1.165, 1.54) is 12.1 Å². The van der Waals surface area contributed by atoms with Crippen LogP contribution in [-0.4, -0.2) is 63.0 Å². The quantitative estimate of drug-likeness (QED) is 0.887. The number of ether oxygens (including phenoxy) is 1. The zero-order chi connectivity index (χ0) is 18.6. The number of likely N-dealkylation sites (tertiary alicyclic amines) is 1. The van der Waals surface area contributed by atoms with Gasteiger partial charge in [-0.25, -0.2) is 9.37 Å². The molecule has 7 nitrogen and oxygen atoms in total. The molecule has 2 aromatic rings. The molecule has 2 atom stereocenters. The van der Waals surface area contributed by atoms with E-state index in [4.69, 9.17) is 4.74 Å². The van der Waals surface area contributed by atoms with Crippen molar-refractivity contribution in [3.8, 4) is 0 Å². The molecule has 1 aromatic carbocycles. The van der Waals surface area contributed by atoms with Crippen molar-refractivity contribution < 1.29 is 18.7 Å². The van der Waals surface area contributed by atoms with Gasteiger partial charge in [0.15, 0.2) is 5.72 Å². The lowest BCUT2D eigenvalue weighted by atomic mass is 10.0. The molecule has 8 heteroatoms. The number of imidazole rings is 1. The van der Waals surface area contributed by atoms with Crippen LogP contribution >= 0.6 is 0 Å². The molecule has 3 fully saturated rings. The summed E-state index contributed by atoms with van der Waals surface area (Å²) in [5.74, 6) is 0.429. The van der Waals surface area contributed by atoms with Crippen LogP contribution in [0.2, 0.25) is 0 Å². The fourth-order valence-corrected chi connectivity index (χ4v) is 4.77. The monoisotopic (exact) mass is 372 g/mol. The molecule has 5 rings (SSSR count). The maximum Gasteiger partial charge on any atom is 0.227 e. The van der Waals surface area contributed by atoms with E-state index in [-0.39, 0.29) is 23.7 Å². The van der Waals surface area contributed by atoms with Gasteiger partial charge in [-0.1, -0.05) is 0 Å². The molecule has 1 aromatic heterocycles. The van der Waals surface area contributed by atoms with Crippen LogP contribution in [0.25, 0.3) is 11.0 Å². The number of H-pyrrole nitrogens is 1. The second-order valence-electron chi connectivity index (χ2n) is 7.49. The maximum atomic E-state index is 13.3. The maximum absolute atomic E-state index is 13.3. The van der Waals surface area contributed by atoms with Crippen molar-refractivity contribution in [3.05, 3.63) is 29.8 Å². The smallest absolute Gasteiger partial charge is 0.227 e. The molecule has 0 saturated carbocycles. The number of benzene rings is 1. The predicted molar refractivity (Wildman–Crippen MR) is 94.1 cm³/mol. The highest BCUT2D eigenvalue weighted by atomic mass is 19.1. The SMILES string of the molecule is O=C(CCc1nc2ccc(F)cc2[nH]1)N1CC[C@@]23OCCCN2C(=O)C[C@@H]13. The van der Waals surface area contributed by atoms with E-state index in [9.17, 15) is 14.0 Å². The first-order valence-corrected chi connectivity index (χ1v) is 9.45. The first kappa shape index (κ1) is 16.7. The van der Waals surface area contributed by atoms with E-state index in [0.29, 0.717) is 62.2 Å². The molecule has 3 aliphatic heterocycles. The highest BCUT2D eigenvalue weighted by Gasteiger charge is 2.61.